The molecular weight excluding hydrogens is 375 g/mol. The van der Waals surface area contributed by atoms with Crippen molar-refractivity contribution < 1.29 is 23.2 Å². The number of nitrogens with zero attached hydrogens (tertiary/aromatic N) is 2. The van der Waals surface area contributed by atoms with Crippen molar-refractivity contribution in [2.24, 2.45) is 0 Å². The minimum absolute atomic E-state index is 0.163. The van der Waals surface area contributed by atoms with E-state index in [2.05, 4.69) is 5.16 Å². The Morgan fingerprint density at radius 2 is 1.93 bits per heavy atom. The predicted molar refractivity (Wildman–Crippen MR) is 96.1 cm³/mol. The molecule has 8 heteroatoms. The quantitative estimate of drug-likeness (QED) is 0.481. The molecule has 140 valence electrons. The Morgan fingerprint density at radius 1 is 1.19 bits per heavy atom. The normalized spacial score (nSPS) is 10.9. The van der Waals surface area contributed by atoms with Gasteiger partial charge in [0.15, 0.2) is 12.4 Å². The third kappa shape index (κ3) is 3.78. The smallest absolute Gasteiger partial charge is 0.341 e. The first-order valence-corrected chi connectivity index (χ1v) is 8.43. The summed E-state index contributed by atoms with van der Waals surface area (Å²) >= 11 is 5.66. The van der Waals surface area contributed by atoms with E-state index in [0.29, 0.717) is 22.8 Å². The fraction of sp³-hybridized carbons (Fsp3) is 0.211. The van der Waals surface area contributed by atoms with Gasteiger partial charge in [-0.3, -0.25) is 9.36 Å². The van der Waals surface area contributed by atoms with Crippen LogP contribution in [0.4, 0.5) is 4.39 Å². The summed E-state index contributed by atoms with van der Waals surface area (Å²) in [5.41, 5.74) is 1.52. The average molecular weight is 391 g/mol. The highest BCUT2D eigenvalue weighted by atomic mass is 35.5. The number of ketones is 1. The van der Waals surface area contributed by atoms with Crippen molar-refractivity contribution in [2.45, 2.75) is 20.8 Å². The molecular formula is C19H16ClFN2O4. The van der Waals surface area contributed by atoms with Crippen molar-refractivity contribution in [2.75, 3.05) is 6.61 Å². The van der Waals surface area contributed by atoms with Crippen LogP contribution in [0.1, 0.15) is 37.9 Å². The van der Waals surface area contributed by atoms with Crippen LogP contribution in [0.15, 0.2) is 34.9 Å². The molecule has 1 aromatic carbocycles. The Hall–Kier alpha value is -2.93. The van der Waals surface area contributed by atoms with Crippen LogP contribution in [0.3, 0.4) is 0 Å². The molecule has 3 aromatic rings. The van der Waals surface area contributed by atoms with Gasteiger partial charge in [0.05, 0.1) is 5.56 Å². The number of ether oxygens (including phenoxy) is 1. The summed E-state index contributed by atoms with van der Waals surface area (Å²) in [4.78, 5) is 24.5. The van der Waals surface area contributed by atoms with Crippen molar-refractivity contribution in [3.63, 3.8) is 0 Å². The van der Waals surface area contributed by atoms with Crippen molar-refractivity contribution in [3.8, 4) is 5.82 Å². The van der Waals surface area contributed by atoms with Crippen LogP contribution in [-0.4, -0.2) is 28.1 Å². The van der Waals surface area contributed by atoms with Gasteiger partial charge in [-0.15, -0.1) is 0 Å². The Kier molecular flexibility index (Phi) is 5.14. The van der Waals surface area contributed by atoms with E-state index in [1.165, 1.54) is 12.1 Å². The minimum atomic E-state index is -0.932. The number of benzene rings is 1. The monoisotopic (exact) mass is 390 g/mol. The fourth-order valence-corrected chi connectivity index (χ4v) is 2.96. The van der Waals surface area contributed by atoms with Crippen LogP contribution in [0.25, 0.3) is 5.82 Å². The maximum atomic E-state index is 13.8. The number of aryl methyl sites for hydroxylation is 2. The predicted octanol–water partition coefficient (Wildman–Crippen LogP) is 4.22. The molecule has 0 fully saturated rings. The highest BCUT2D eigenvalue weighted by molar-refractivity contribution is 6.30. The first kappa shape index (κ1) is 18.8. The maximum absolute atomic E-state index is 13.8. The SMILES string of the molecule is Cc1cc(-n2c(C)cc(C(=O)COC(=O)c3ccc(Cl)cc3F)c2C)no1. The number of esters is 1. The van der Waals surface area contributed by atoms with Gasteiger partial charge in [-0.25, -0.2) is 9.18 Å². The zero-order chi connectivity index (χ0) is 19.7. The van der Waals surface area contributed by atoms with E-state index < -0.39 is 24.2 Å². The van der Waals surface area contributed by atoms with Gasteiger partial charge >= 0.3 is 5.97 Å². The van der Waals surface area contributed by atoms with Crippen molar-refractivity contribution in [1.82, 2.24) is 9.72 Å². The van der Waals surface area contributed by atoms with Gasteiger partial charge in [-0.2, -0.15) is 0 Å². The summed E-state index contributed by atoms with van der Waals surface area (Å²) in [5.74, 6) is -0.943. The summed E-state index contributed by atoms with van der Waals surface area (Å²) in [7, 11) is 0. The van der Waals surface area contributed by atoms with E-state index in [0.717, 1.165) is 11.8 Å². The number of Topliss-reactive ketones (excluding diaryl/α,β-unsaturated/α-hetero) is 1. The number of halogens is 2. The number of hydrogen-bond donors (Lipinski definition) is 0. The highest BCUT2D eigenvalue weighted by Gasteiger charge is 2.21. The second-order valence-corrected chi connectivity index (χ2v) is 6.48. The third-order valence-electron chi connectivity index (χ3n) is 4.06. The number of rotatable bonds is 5. The standard InChI is InChI=1S/C19H16ClFN2O4/c1-10-6-15(12(3)23(10)18-7-11(2)27-22-18)17(24)9-26-19(25)14-5-4-13(20)8-16(14)21/h4-8H,9H2,1-3H3. The van der Waals surface area contributed by atoms with E-state index in [4.69, 9.17) is 20.9 Å². The largest absolute Gasteiger partial charge is 0.454 e. The van der Waals surface area contributed by atoms with Gasteiger partial charge in [0.25, 0.3) is 0 Å². The highest BCUT2D eigenvalue weighted by Crippen LogP contribution is 2.21. The molecule has 0 saturated heterocycles. The summed E-state index contributed by atoms with van der Waals surface area (Å²) in [6.45, 7) is 4.84. The van der Waals surface area contributed by atoms with Crippen molar-refractivity contribution >= 4 is 23.4 Å². The molecule has 2 aromatic heterocycles. The Bertz CT molecular complexity index is 1040. The topological polar surface area (TPSA) is 74.3 Å². The molecule has 0 aliphatic heterocycles. The molecule has 0 N–H and O–H groups in total. The zero-order valence-corrected chi connectivity index (χ0v) is 15.6. The number of carbonyl (C=O) groups excluding carboxylic acids is 2. The summed E-state index contributed by atoms with van der Waals surface area (Å²) in [6, 6.07) is 7.02. The maximum Gasteiger partial charge on any atom is 0.341 e. The number of carbonyl (C=O) groups is 2. The van der Waals surface area contributed by atoms with Gasteiger partial charge in [0.2, 0.25) is 5.78 Å². The van der Waals surface area contributed by atoms with Crippen molar-refractivity contribution in [1.29, 1.82) is 0 Å². The fourth-order valence-electron chi connectivity index (χ4n) is 2.80. The van der Waals surface area contributed by atoms with Gasteiger partial charge in [0.1, 0.15) is 11.6 Å². The second kappa shape index (κ2) is 7.36. The van der Waals surface area contributed by atoms with Crippen molar-refractivity contribution in [3.05, 3.63) is 69.4 Å². The summed E-state index contributed by atoms with van der Waals surface area (Å²) in [5, 5.41) is 4.11. The lowest BCUT2D eigenvalue weighted by Gasteiger charge is -2.07. The lowest BCUT2D eigenvalue weighted by Crippen LogP contribution is -2.16. The van der Waals surface area contributed by atoms with Crippen LogP contribution >= 0.6 is 11.6 Å². The molecule has 0 atom stereocenters. The van der Waals surface area contributed by atoms with Crippen LogP contribution in [-0.2, 0) is 4.74 Å². The average Bonchev–Trinajstić information content (AvgIpc) is 3.15. The first-order chi connectivity index (χ1) is 12.8. The molecule has 27 heavy (non-hydrogen) atoms. The molecule has 0 bridgehead atoms. The minimum Gasteiger partial charge on any atom is -0.454 e. The second-order valence-electron chi connectivity index (χ2n) is 6.04. The van der Waals surface area contributed by atoms with E-state index in [1.807, 2.05) is 6.92 Å². The molecule has 6 nitrogen and oxygen atoms in total. The molecule has 0 unspecified atom stereocenters. The molecule has 0 spiro atoms. The van der Waals surface area contributed by atoms with Crippen LogP contribution in [0, 0.1) is 26.6 Å². The van der Waals surface area contributed by atoms with E-state index in [-0.39, 0.29) is 10.6 Å². The Labute approximate surface area is 159 Å². The lowest BCUT2D eigenvalue weighted by molar-refractivity contribution is 0.0470. The molecule has 2 heterocycles. The van der Waals surface area contributed by atoms with Crippen LogP contribution in [0.2, 0.25) is 5.02 Å². The lowest BCUT2D eigenvalue weighted by atomic mass is 10.1. The number of hydrogen-bond acceptors (Lipinski definition) is 5. The Morgan fingerprint density at radius 3 is 2.56 bits per heavy atom. The third-order valence-corrected chi connectivity index (χ3v) is 4.30. The first-order valence-electron chi connectivity index (χ1n) is 8.06. The molecule has 0 radical (unpaired) electrons. The molecule has 0 saturated carbocycles. The van der Waals surface area contributed by atoms with Crippen LogP contribution < -0.4 is 0 Å². The van der Waals surface area contributed by atoms with Crippen LogP contribution in [0.5, 0.6) is 0 Å². The van der Waals surface area contributed by atoms with E-state index >= 15 is 0 Å². The number of aromatic nitrogens is 2. The molecule has 3 rings (SSSR count). The van der Waals surface area contributed by atoms with Gasteiger partial charge in [-0.1, -0.05) is 16.8 Å². The van der Waals surface area contributed by atoms with E-state index in [9.17, 15) is 14.0 Å². The summed E-state index contributed by atoms with van der Waals surface area (Å²) in [6.07, 6.45) is 0. The zero-order valence-electron chi connectivity index (χ0n) is 14.9. The molecule has 0 aliphatic carbocycles. The molecule has 0 amide bonds. The van der Waals surface area contributed by atoms with E-state index in [1.54, 1.807) is 30.5 Å². The van der Waals surface area contributed by atoms with Gasteiger partial charge in [-0.05, 0) is 45.0 Å². The molecule has 0 aliphatic rings. The Balaban J connectivity index is 1.76. The summed E-state index contributed by atoms with van der Waals surface area (Å²) < 4.78 is 25.6. The van der Waals surface area contributed by atoms with Gasteiger partial charge in [0, 0.05) is 28.0 Å². The van der Waals surface area contributed by atoms with Gasteiger partial charge < -0.3 is 9.26 Å².